The summed E-state index contributed by atoms with van der Waals surface area (Å²) in [4.78, 5) is 41.7. The van der Waals surface area contributed by atoms with E-state index in [1.54, 1.807) is 4.90 Å². The van der Waals surface area contributed by atoms with Gasteiger partial charge in [-0.05, 0) is 19.9 Å². The van der Waals surface area contributed by atoms with Crippen molar-refractivity contribution < 1.29 is 23.9 Å². The van der Waals surface area contributed by atoms with E-state index in [-0.39, 0.29) is 31.1 Å². The van der Waals surface area contributed by atoms with Crippen LogP contribution in [0.1, 0.15) is 39.5 Å². The van der Waals surface area contributed by atoms with Crippen molar-refractivity contribution in [3.05, 3.63) is 0 Å². The molecule has 1 amide bonds. The summed E-state index contributed by atoms with van der Waals surface area (Å²) in [7, 11) is 2.07. The van der Waals surface area contributed by atoms with Gasteiger partial charge in [0.25, 0.3) is 0 Å². The molecule has 1 rings (SSSR count). The largest absolute Gasteiger partial charge is 0.464 e. The van der Waals surface area contributed by atoms with E-state index in [9.17, 15) is 14.4 Å². The van der Waals surface area contributed by atoms with Crippen LogP contribution in [-0.2, 0) is 23.9 Å². The van der Waals surface area contributed by atoms with Crippen LogP contribution in [0, 0.1) is 0 Å². The molecule has 0 saturated carbocycles. The van der Waals surface area contributed by atoms with E-state index in [0.29, 0.717) is 32.5 Å². The van der Waals surface area contributed by atoms with E-state index in [2.05, 4.69) is 16.8 Å². The number of carbonyl (C=O) groups excluding carboxylic acids is 3. The van der Waals surface area contributed by atoms with Crippen molar-refractivity contribution >= 4 is 17.8 Å². The van der Waals surface area contributed by atoms with Crippen LogP contribution in [-0.4, -0.2) is 98.6 Å². The molecule has 0 aromatic heterocycles. The van der Waals surface area contributed by atoms with Gasteiger partial charge < -0.3 is 19.3 Å². The fourth-order valence-electron chi connectivity index (χ4n) is 2.75. The van der Waals surface area contributed by atoms with E-state index < -0.39 is 0 Å². The standard InChI is InChI=1S/C19H35N3O5/c1-4-6-18(24)26-14-12-22(13-15-27-19(25)7-5-2)17(23)16-21-10-8-20(3)9-11-21/h4-16H2,1-3H3. The van der Waals surface area contributed by atoms with Gasteiger partial charge >= 0.3 is 11.9 Å². The van der Waals surface area contributed by atoms with E-state index in [1.165, 1.54) is 0 Å². The molecule has 0 aliphatic carbocycles. The Bertz CT molecular complexity index is 440. The number of piperazine rings is 1. The molecule has 8 heteroatoms. The molecule has 0 aromatic rings. The molecule has 8 nitrogen and oxygen atoms in total. The highest BCUT2D eigenvalue weighted by atomic mass is 16.5. The molecule has 0 spiro atoms. The Morgan fingerprint density at radius 1 is 0.852 bits per heavy atom. The molecule has 1 aliphatic rings. The lowest BCUT2D eigenvalue weighted by molar-refractivity contribution is -0.148. The molecule has 1 aliphatic heterocycles. The maximum Gasteiger partial charge on any atom is 0.305 e. The topological polar surface area (TPSA) is 79.4 Å². The van der Waals surface area contributed by atoms with Crippen LogP contribution < -0.4 is 0 Å². The van der Waals surface area contributed by atoms with Crippen molar-refractivity contribution in [2.45, 2.75) is 39.5 Å². The van der Waals surface area contributed by atoms with Gasteiger partial charge in [0.2, 0.25) is 5.91 Å². The number of esters is 2. The van der Waals surface area contributed by atoms with Crippen LogP contribution in [0.15, 0.2) is 0 Å². The zero-order valence-electron chi connectivity index (χ0n) is 17.1. The van der Waals surface area contributed by atoms with Crippen molar-refractivity contribution in [3.8, 4) is 0 Å². The van der Waals surface area contributed by atoms with E-state index >= 15 is 0 Å². The summed E-state index contributed by atoms with van der Waals surface area (Å²) in [6, 6.07) is 0. The summed E-state index contributed by atoms with van der Waals surface area (Å²) < 4.78 is 10.3. The second-order valence-electron chi connectivity index (χ2n) is 6.90. The number of rotatable bonds is 12. The summed E-state index contributed by atoms with van der Waals surface area (Å²) in [6.07, 6.45) is 2.23. The molecule has 0 unspecified atom stereocenters. The smallest absolute Gasteiger partial charge is 0.305 e. The predicted molar refractivity (Wildman–Crippen MR) is 102 cm³/mol. The van der Waals surface area contributed by atoms with Gasteiger partial charge in [-0.15, -0.1) is 0 Å². The second-order valence-corrected chi connectivity index (χ2v) is 6.90. The second kappa shape index (κ2) is 13.5. The molecule has 1 saturated heterocycles. The third kappa shape index (κ3) is 10.3. The minimum atomic E-state index is -0.252. The zero-order valence-corrected chi connectivity index (χ0v) is 17.1. The highest BCUT2D eigenvalue weighted by Gasteiger charge is 2.21. The summed E-state index contributed by atoms with van der Waals surface area (Å²) in [6.45, 7) is 8.70. The number of amides is 1. The quantitative estimate of drug-likeness (QED) is 0.459. The van der Waals surface area contributed by atoms with Crippen molar-refractivity contribution in [2.75, 3.05) is 66.1 Å². The van der Waals surface area contributed by atoms with Crippen LogP contribution >= 0.6 is 0 Å². The molecule has 0 radical (unpaired) electrons. The molecular weight excluding hydrogens is 350 g/mol. The number of hydrogen-bond acceptors (Lipinski definition) is 7. The molecule has 0 aromatic carbocycles. The van der Waals surface area contributed by atoms with Crippen LogP contribution in [0.3, 0.4) is 0 Å². The van der Waals surface area contributed by atoms with Crippen LogP contribution in [0.4, 0.5) is 0 Å². The predicted octanol–water partition coefficient (Wildman–Crippen LogP) is 0.749. The van der Waals surface area contributed by atoms with Crippen molar-refractivity contribution in [1.82, 2.24) is 14.7 Å². The first-order valence-corrected chi connectivity index (χ1v) is 9.96. The summed E-state index contributed by atoms with van der Waals surface area (Å²) in [5.41, 5.74) is 0. The monoisotopic (exact) mass is 385 g/mol. The number of likely N-dealkylation sites (N-methyl/N-ethyl adjacent to an activating group) is 1. The molecule has 0 atom stereocenters. The summed E-state index contributed by atoms with van der Waals surface area (Å²) in [5, 5.41) is 0. The van der Waals surface area contributed by atoms with E-state index in [0.717, 1.165) is 39.0 Å². The first kappa shape index (κ1) is 23.4. The third-order valence-electron chi connectivity index (χ3n) is 4.46. The Labute approximate surface area is 162 Å². The van der Waals surface area contributed by atoms with E-state index in [4.69, 9.17) is 9.47 Å². The maximum absolute atomic E-state index is 12.7. The van der Waals surface area contributed by atoms with Gasteiger partial charge in [-0.2, -0.15) is 0 Å². The van der Waals surface area contributed by atoms with Gasteiger partial charge in [-0.1, -0.05) is 13.8 Å². The SMILES string of the molecule is CCCC(=O)OCCN(CCOC(=O)CCC)C(=O)CN1CCN(C)CC1. The average molecular weight is 386 g/mol. The van der Waals surface area contributed by atoms with Gasteiger partial charge in [0.1, 0.15) is 13.2 Å². The Morgan fingerprint density at radius 3 is 1.78 bits per heavy atom. The minimum Gasteiger partial charge on any atom is -0.464 e. The maximum atomic E-state index is 12.7. The van der Waals surface area contributed by atoms with Gasteiger partial charge in [0.15, 0.2) is 0 Å². The molecule has 27 heavy (non-hydrogen) atoms. The number of hydrogen-bond donors (Lipinski definition) is 0. The molecule has 1 heterocycles. The Kier molecular flexibility index (Phi) is 11.7. The highest BCUT2D eigenvalue weighted by molar-refractivity contribution is 5.78. The molecule has 1 fully saturated rings. The normalized spacial score (nSPS) is 15.4. The summed E-state index contributed by atoms with van der Waals surface area (Å²) in [5.74, 6) is -0.533. The van der Waals surface area contributed by atoms with Gasteiger partial charge in [0, 0.05) is 39.0 Å². The highest BCUT2D eigenvalue weighted by Crippen LogP contribution is 2.02. The number of nitrogens with zero attached hydrogens (tertiary/aromatic N) is 3. The lowest BCUT2D eigenvalue weighted by Gasteiger charge is -2.33. The average Bonchev–Trinajstić information content (AvgIpc) is 2.62. The summed E-state index contributed by atoms with van der Waals surface area (Å²) >= 11 is 0. The first-order valence-electron chi connectivity index (χ1n) is 9.96. The molecule has 156 valence electrons. The van der Waals surface area contributed by atoms with Crippen LogP contribution in [0.25, 0.3) is 0 Å². The number of ether oxygens (including phenoxy) is 2. The lowest BCUT2D eigenvalue weighted by Crippen LogP contribution is -2.49. The third-order valence-corrected chi connectivity index (χ3v) is 4.46. The zero-order chi connectivity index (χ0) is 20.1. The van der Waals surface area contributed by atoms with Crippen molar-refractivity contribution in [3.63, 3.8) is 0 Å². The van der Waals surface area contributed by atoms with Gasteiger partial charge in [-0.3, -0.25) is 19.3 Å². The van der Waals surface area contributed by atoms with Gasteiger partial charge in [-0.25, -0.2) is 0 Å². The van der Waals surface area contributed by atoms with E-state index in [1.807, 2.05) is 13.8 Å². The van der Waals surface area contributed by atoms with Crippen LogP contribution in [0.5, 0.6) is 0 Å². The Balaban J connectivity index is 2.47. The molecular formula is C19H35N3O5. The Morgan fingerprint density at radius 2 is 1.33 bits per heavy atom. The molecule has 0 bridgehead atoms. The number of carbonyl (C=O) groups is 3. The van der Waals surface area contributed by atoms with Crippen molar-refractivity contribution in [2.24, 2.45) is 0 Å². The fourth-order valence-corrected chi connectivity index (χ4v) is 2.75. The van der Waals surface area contributed by atoms with Crippen LogP contribution in [0.2, 0.25) is 0 Å². The minimum absolute atomic E-state index is 0.0300. The Hall–Kier alpha value is -1.67. The lowest BCUT2D eigenvalue weighted by atomic mass is 10.3. The first-order chi connectivity index (χ1) is 13.0. The fraction of sp³-hybridized carbons (Fsp3) is 0.842. The molecule has 0 N–H and O–H groups in total. The van der Waals surface area contributed by atoms with Crippen molar-refractivity contribution in [1.29, 1.82) is 0 Å². The van der Waals surface area contributed by atoms with Gasteiger partial charge in [0.05, 0.1) is 19.6 Å².